The lowest BCUT2D eigenvalue weighted by atomic mass is 10.2. The number of fused-ring (bicyclic) bond motifs is 2. The largest absolute Gasteiger partial charge is 0.301 e. The molecule has 0 amide bonds. The highest BCUT2D eigenvalue weighted by Gasteiger charge is 2.40. The van der Waals surface area contributed by atoms with E-state index in [9.17, 15) is 0 Å². The molecule has 1 unspecified atom stereocenters. The summed E-state index contributed by atoms with van der Waals surface area (Å²) in [6.45, 7) is 6.13. The molecule has 58 valence electrons. The molecule has 0 aromatic rings. The van der Waals surface area contributed by atoms with E-state index < -0.39 is 0 Å². The number of likely N-dealkylation sites (N-methyl/N-ethyl adjacent to an activating group) is 2. The van der Waals surface area contributed by atoms with Gasteiger partial charge in [-0.25, -0.2) is 0 Å². The van der Waals surface area contributed by atoms with Gasteiger partial charge in [0, 0.05) is 25.2 Å². The molecule has 2 heterocycles. The molecule has 2 fully saturated rings. The van der Waals surface area contributed by atoms with Gasteiger partial charge in [0.2, 0.25) is 0 Å². The third-order valence-corrected chi connectivity index (χ3v) is 3.03. The van der Waals surface area contributed by atoms with Crippen LogP contribution in [-0.4, -0.2) is 48.6 Å². The molecule has 2 saturated heterocycles. The summed E-state index contributed by atoms with van der Waals surface area (Å²) < 4.78 is 0. The average molecular weight is 140 g/mol. The summed E-state index contributed by atoms with van der Waals surface area (Å²) in [6.07, 6.45) is 1.42. The van der Waals surface area contributed by atoms with E-state index in [0.29, 0.717) is 0 Å². The summed E-state index contributed by atoms with van der Waals surface area (Å²) in [6, 6.07) is 1.77. The van der Waals surface area contributed by atoms with Gasteiger partial charge in [-0.05, 0) is 20.0 Å². The van der Waals surface area contributed by atoms with Crippen molar-refractivity contribution >= 4 is 0 Å². The Kier molecular flexibility index (Phi) is 1.46. The van der Waals surface area contributed by atoms with E-state index >= 15 is 0 Å². The Hall–Kier alpha value is -0.0800. The van der Waals surface area contributed by atoms with Crippen molar-refractivity contribution in [2.45, 2.75) is 25.4 Å². The van der Waals surface area contributed by atoms with E-state index in [-0.39, 0.29) is 0 Å². The Morgan fingerprint density at radius 1 is 1.30 bits per heavy atom. The summed E-state index contributed by atoms with van der Waals surface area (Å²) in [7, 11) is 2.25. The van der Waals surface area contributed by atoms with Crippen LogP contribution >= 0.6 is 0 Å². The third-order valence-electron chi connectivity index (χ3n) is 3.03. The van der Waals surface area contributed by atoms with Gasteiger partial charge < -0.3 is 4.90 Å². The fourth-order valence-corrected chi connectivity index (χ4v) is 2.34. The lowest BCUT2D eigenvalue weighted by Crippen LogP contribution is -2.44. The van der Waals surface area contributed by atoms with Gasteiger partial charge in [-0.2, -0.15) is 0 Å². The smallest absolute Gasteiger partial charge is 0.0239 e. The van der Waals surface area contributed by atoms with Crippen molar-refractivity contribution in [3.8, 4) is 0 Å². The summed E-state index contributed by atoms with van der Waals surface area (Å²) >= 11 is 0. The Balaban J connectivity index is 2.02. The quantitative estimate of drug-likeness (QED) is 0.520. The van der Waals surface area contributed by atoms with Crippen molar-refractivity contribution in [1.29, 1.82) is 0 Å². The molecule has 0 N–H and O–H groups in total. The number of rotatable bonds is 1. The van der Waals surface area contributed by atoms with Crippen LogP contribution in [0.25, 0.3) is 0 Å². The SMILES string of the molecule is CCN1CC2C[C@H]1CN2C. The van der Waals surface area contributed by atoms with E-state index in [1.54, 1.807) is 0 Å². The van der Waals surface area contributed by atoms with Crippen molar-refractivity contribution in [3.63, 3.8) is 0 Å². The van der Waals surface area contributed by atoms with Gasteiger partial charge in [-0.1, -0.05) is 6.92 Å². The van der Waals surface area contributed by atoms with Crippen LogP contribution in [0.5, 0.6) is 0 Å². The first-order valence-corrected chi connectivity index (χ1v) is 4.25. The molecule has 2 atom stereocenters. The Morgan fingerprint density at radius 2 is 2.10 bits per heavy atom. The minimum absolute atomic E-state index is 0.880. The van der Waals surface area contributed by atoms with Crippen molar-refractivity contribution in [3.05, 3.63) is 0 Å². The predicted octanol–water partition coefficient (Wildman–Crippen LogP) is 0.395. The summed E-state index contributed by atoms with van der Waals surface area (Å²) in [5.41, 5.74) is 0. The van der Waals surface area contributed by atoms with Gasteiger partial charge in [0.25, 0.3) is 0 Å². The maximum absolute atomic E-state index is 2.60. The molecule has 2 aliphatic rings. The highest BCUT2D eigenvalue weighted by Crippen LogP contribution is 2.28. The number of hydrogen-bond acceptors (Lipinski definition) is 2. The topological polar surface area (TPSA) is 6.48 Å². The number of nitrogens with zero attached hydrogens (tertiary/aromatic N) is 2. The van der Waals surface area contributed by atoms with Crippen molar-refractivity contribution < 1.29 is 0 Å². The second kappa shape index (κ2) is 2.21. The molecule has 2 heteroatoms. The molecule has 2 bridgehead atoms. The molecule has 2 nitrogen and oxygen atoms in total. The molecule has 0 aromatic carbocycles. The second-order valence-corrected chi connectivity index (χ2v) is 3.57. The lowest BCUT2D eigenvalue weighted by Gasteiger charge is -2.30. The van der Waals surface area contributed by atoms with Crippen LogP contribution in [-0.2, 0) is 0 Å². The van der Waals surface area contributed by atoms with Crippen molar-refractivity contribution in [1.82, 2.24) is 9.80 Å². The lowest BCUT2D eigenvalue weighted by molar-refractivity contribution is 0.155. The zero-order valence-corrected chi connectivity index (χ0v) is 6.88. The minimum Gasteiger partial charge on any atom is -0.301 e. The maximum Gasteiger partial charge on any atom is 0.0239 e. The molecular formula is C8H16N2. The van der Waals surface area contributed by atoms with E-state index in [1.807, 2.05) is 0 Å². The average Bonchev–Trinajstić information content (AvgIpc) is 2.44. The monoisotopic (exact) mass is 140 g/mol. The fourth-order valence-electron chi connectivity index (χ4n) is 2.34. The first-order valence-electron chi connectivity index (χ1n) is 4.25. The van der Waals surface area contributed by atoms with Crippen LogP contribution in [0.15, 0.2) is 0 Å². The van der Waals surface area contributed by atoms with Crippen molar-refractivity contribution in [2.24, 2.45) is 0 Å². The number of piperazine rings is 1. The molecule has 0 aromatic heterocycles. The molecule has 2 aliphatic heterocycles. The first-order chi connectivity index (χ1) is 4.81. The summed E-state index contributed by atoms with van der Waals surface area (Å²) in [5, 5.41) is 0. The normalized spacial score (nSPS) is 41.4. The molecule has 0 spiro atoms. The first kappa shape index (κ1) is 6.62. The molecule has 0 saturated carbocycles. The Morgan fingerprint density at radius 3 is 2.50 bits per heavy atom. The van der Waals surface area contributed by atoms with Gasteiger partial charge in [0.15, 0.2) is 0 Å². The minimum atomic E-state index is 0.880. The van der Waals surface area contributed by atoms with Crippen molar-refractivity contribution in [2.75, 3.05) is 26.7 Å². The zero-order chi connectivity index (χ0) is 7.14. The maximum atomic E-state index is 2.60. The van der Waals surface area contributed by atoms with Crippen LogP contribution in [0, 0.1) is 0 Å². The summed E-state index contributed by atoms with van der Waals surface area (Å²) in [5.74, 6) is 0. The van der Waals surface area contributed by atoms with Gasteiger partial charge >= 0.3 is 0 Å². The summed E-state index contributed by atoms with van der Waals surface area (Å²) in [4.78, 5) is 5.10. The van der Waals surface area contributed by atoms with Gasteiger partial charge in [-0.15, -0.1) is 0 Å². The Bertz CT molecular complexity index is 133. The van der Waals surface area contributed by atoms with Gasteiger partial charge in [-0.3, -0.25) is 4.90 Å². The standard InChI is InChI=1S/C8H16N2/c1-3-10-6-7-4-8(10)5-9(7)2/h7-8H,3-6H2,1-2H3/t7?,8-/m0/s1. The van der Waals surface area contributed by atoms with E-state index in [1.165, 1.54) is 26.1 Å². The van der Waals surface area contributed by atoms with E-state index in [2.05, 4.69) is 23.8 Å². The zero-order valence-electron chi connectivity index (χ0n) is 6.88. The predicted molar refractivity (Wildman–Crippen MR) is 42.1 cm³/mol. The van der Waals surface area contributed by atoms with Crippen LogP contribution in [0.2, 0.25) is 0 Å². The van der Waals surface area contributed by atoms with Gasteiger partial charge in [0.1, 0.15) is 0 Å². The molecule has 2 rings (SSSR count). The van der Waals surface area contributed by atoms with Gasteiger partial charge in [0.05, 0.1) is 0 Å². The molecule has 0 radical (unpaired) electrons. The molecular weight excluding hydrogens is 124 g/mol. The highest BCUT2D eigenvalue weighted by molar-refractivity contribution is 4.97. The van der Waals surface area contributed by atoms with Crippen LogP contribution in [0.3, 0.4) is 0 Å². The Labute approximate surface area is 62.8 Å². The van der Waals surface area contributed by atoms with Crippen LogP contribution < -0.4 is 0 Å². The fraction of sp³-hybridized carbons (Fsp3) is 1.00. The van der Waals surface area contributed by atoms with E-state index in [0.717, 1.165) is 12.1 Å². The number of likely N-dealkylation sites (tertiary alicyclic amines) is 2. The molecule has 0 aliphatic carbocycles. The highest BCUT2D eigenvalue weighted by atomic mass is 15.3. The molecule has 10 heavy (non-hydrogen) atoms. The third kappa shape index (κ3) is 0.789. The number of hydrogen-bond donors (Lipinski definition) is 0. The van der Waals surface area contributed by atoms with Crippen LogP contribution in [0.4, 0.5) is 0 Å². The van der Waals surface area contributed by atoms with E-state index in [4.69, 9.17) is 0 Å². The second-order valence-electron chi connectivity index (χ2n) is 3.57. The van der Waals surface area contributed by atoms with Crippen LogP contribution in [0.1, 0.15) is 13.3 Å².